The van der Waals surface area contributed by atoms with Gasteiger partial charge >= 0.3 is 0 Å². The molecule has 4 heteroatoms. The van der Waals surface area contributed by atoms with Crippen molar-refractivity contribution < 1.29 is 9.18 Å². The van der Waals surface area contributed by atoms with E-state index >= 15 is 0 Å². The van der Waals surface area contributed by atoms with Crippen LogP contribution in [0.2, 0.25) is 0 Å². The summed E-state index contributed by atoms with van der Waals surface area (Å²) < 4.78 is 13.7. The van der Waals surface area contributed by atoms with Gasteiger partial charge in [-0.1, -0.05) is 12.2 Å². The summed E-state index contributed by atoms with van der Waals surface area (Å²) in [6.45, 7) is 0.645. The smallest absolute Gasteiger partial charge is 0.252 e. The Balaban J connectivity index is 1.95. The third kappa shape index (κ3) is 3.42. The number of benzene rings is 1. The van der Waals surface area contributed by atoms with Crippen molar-refractivity contribution in [1.82, 2.24) is 5.32 Å². The van der Waals surface area contributed by atoms with E-state index in [4.69, 9.17) is 0 Å². The fourth-order valence-corrected chi connectivity index (χ4v) is 2.47. The highest BCUT2D eigenvalue weighted by molar-refractivity contribution is 9.10. The second-order valence-corrected chi connectivity index (χ2v) is 5.34. The van der Waals surface area contributed by atoms with Crippen LogP contribution in [0.3, 0.4) is 0 Å². The van der Waals surface area contributed by atoms with Gasteiger partial charge in [0, 0.05) is 11.0 Å². The molecule has 2 nitrogen and oxygen atoms in total. The zero-order valence-electron chi connectivity index (χ0n) is 9.96. The first-order chi connectivity index (χ1) is 8.66. The fraction of sp³-hybridized carbons (Fsp3) is 0.357. The minimum absolute atomic E-state index is 0.226. The van der Waals surface area contributed by atoms with Crippen LogP contribution in [0.1, 0.15) is 29.6 Å². The zero-order valence-corrected chi connectivity index (χ0v) is 11.5. The number of carbonyl (C=O) groups is 1. The molecule has 1 aliphatic rings. The molecule has 18 heavy (non-hydrogen) atoms. The van der Waals surface area contributed by atoms with Gasteiger partial charge in [-0.25, -0.2) is 4.39 Å². The number of hydrogen-bond donors (Lipinski definition) is 1. The first-order valence-electron chi connectivity index (χ1n) is 6.05. The van der Waals surface area contributed by atoms with Gasteiger partial charge in [-0.15, -0.1) is 0 Å². The first kappa shape index (κ1) is 13.3. The molecular weight excluding hydrogens is 297 g/mol. The molecule has 96 valence electrons. The number of rotatable bonds is 3. The highest BCUT2D eigenvalue weighted by atomic mass is 79.9. The molecule has 1 unspecified atom stereocenters. The van der Waals surface area contributed by atoms with Crippen LogP contribution in [0.25, 0.3) is 0 Å². The van der Waals surface area contributed by atoms with E-state index in [9.17, 15) is 9.18 Å². The Morgan fingerprint density at radius 1 is 1.44 bits per heavy atom. The minimum atomic E-state index is -0.399. The van der Waals surface area contributed by atoms with E-state index in [1.165, 1.54) is 12.1 Å². The first-order valence-corrected chi connectivity index (χ1v) is 6.84. The summed E-state index contributed by atoms with van der Waals surface area (Å²) >= 11 is 3.26. The lowest BCUT2D eigenvalue weighted by molar-refractivity contribution is 0.0945. The van der Waals surface area contributed by atoms with Gasteiger partial charge in [-0.3, -0.25) is 4.79 Å². The Kier molecular flexibility index (Phi) is 4.53. The van der Waals surface area contributed by atoms with Gasteiger partial charge in [0.25, 0.3) is 5.91 Å². The van der Waals surface area contributed by atoms with Crippen LogP contribution < -0.4 is 5.32 Å². The fourth-order valence-electron chi connectivity index (χ4n) is 2.05. The predicted octanol–water partition coefficient (Wildman–Crippen LogP) is 3.67. The van der Waals surface area contributed by atoms with Crippen molar-refractivity contribution >= 4 is 21.8 Å². The summed E-state index contributed by atoms with van der Waals surface area (Å²) in [6.07, 6.45) is 7.50. The summed E-state index contributed by atoms with van der Waals surface area (Å²) in [6, 6.07) is 4.13. The van der Waals surface area contributed by atoms with Crippen molar-refractivity contribution in [3.05, 3.63) is 46.2 Å². The molecule has 0 spiro atoms. The van der Waals surface area contributed by atoms with Crippen molar-refractivity contribution in [1.29, 1.82) is 0 Å². The van der Waals surface area contributed by atoms with Crippen molar-refractivity contribution in [2.45, 2.75) is 19.3 Å². The number of halogens is 2. The normalized spacial score (nSPS) is 18.7. The largest absolute Gasteiger partial charge is 0.352 e. The van der Waals surface area contributed by atoms with E-state index in [-0.39, 0.29) is 5.91 Å². The number of hydrogen-bond acceptors (Lipinski definition) is 1. The molecule has 1 amide bonds. The summed E-state index contributed by atoms with van der Waals surface area (Å²) in [7, 11) is 0. The Labute approximate surface area is 114 Å². The van der Waals surface area contributed by atoms with Crippen LogP contribution in [-0.2, 0) is 0 Å². The maximum absolute atomic E-state index is 13.1. The van der Waals surface area contributed by atoms with E-state index < -0.39 is 5.82 Å². The Morgan fingerprint density at radius 3 is 3.00 bits per heavy atom. The molecule has 0 fully saturated rings. The van der Waals surface area contributed by atoms with Gasteiger partial charge in [0.05, 0.1) is 5.56 Å². The average molecular weight is 312 g/mol. The lowest BCUT2D eigenvalue weighted by Crippen LogP contribution is -2.30. The molecule has 0 radical (unpaired) electrons. The number of carbonyl (C=O) groups excluding carboxylic acids is 1. The SMILES string of the molecule is O=C(NCC1CC=CCC1)c1cc(F)ccc1Br. The van der Waals surface area contributed by atoms with E-state index in [1.807, 2.05) is 0 Å². The Morgan fingerprint density at radius 2 is 2.28 bits per heavy atom. The standard InChI is InChI=1S/C14H15BrFNO/c15-13-7-6-11(16)8-12(13)14(18)17-9-10-4-2-1-3-5-10/h1-2,6-8,10H,3-5,9H2,(H,17,18). The average Bonchev–Trinajstić information content (AvgIpc) is 2.40. The summed E-state index contributed by atoms with van der Waals surface area (Å²) in [4.78, 5) is 11.9. The predicted molar refractivity (Wildman–Crippen MR) is 72.9 cm³/mol. The molecule has 0 saturated carbocycles. The van der Waals surface area contributed by atoms with Crippen molar-refractivity contribution in [2.24, 2.45) is 5.92 Å². The molecule has 1 aromatic carbocycles. The van der Waals surface area contributed by atoms with E-state index in [0.29, 0.717) is 22.5 Å². The van der Waals surface area contributed by atoms with Gasteiger partial charge in [-0.05, 0) is 59.3 Å². The van der Waals surface area contributed by atoms with E-state index in [1.54, 1.807) is 6.07 Å². The summed E-state index contributed by atoms with van der Waals surface area (Å²) in [5, 5.41) is 2.87. The zero-order chi connectivity index (χ0) is 13.0. The van der Waals surface area contributed by atoms with Gasteiger partial charge in [0.15, 0.2) is 0 Å². The van der Waals surface area contributed by atoms with Crippen LogP contribution in [0.15, 0.2) is 34.8 Å². The van der Waals surface area contributed by atoms with Crippen LogP contribution in [0.4, 0.5) is 4.39 Å². The lowest BCUT2D eigenvalue weighted by atomic mass is 9.94. The molecule has 1 N–H and O–H groups in total. The van der Waals surface area contributed by atoms with E-state index in [2.05, 4.69) is 33.4 Å². The van der Waals surface area contributed by atoms with Crippen LogP contribution in [-0.4, -0.2) is 12.5 Å². The van der Waals surface area contributed by atoms with Crippen LogP contribution in [0, 0.1) is 11.7 Å². The van der Waals surface area contributed by atoms with Crippen molar-refractivity contribution in [3.63, 3.8) is 0 Å². The van der Waals surface area contributed by atoms with E-state index in [0.717, 1.165) is 19.3 Å². The van der Waals surface area contributed by atoms with Crippen molar-refractivity contribution in [3.8, 4) is 0 Å². The van der Waals surface area contributed by atoms with Gasteiger partial charge in [0.2, 0.25) is 0 Å². The highest BCUT2D eigenvalue weighted by Crippen LogP contribution is 2.19. The number of allylic oxidation sites excluding steroid dienone is 2. The molecule has 1 aromatic rings. The maximum Gasteiger partial charge on any atom is 0.252 e. The minimum Gasteiger partial charge on any atom is -0.352 e. The molecule has 0 heterocycles. The van der Waals surface area contributed by atoms with Gasteiger partial charge < -0.3 is 5.32 Å². The molecule has 0 saturated heterocycles. The highest BCUT2D eigenvalue weighted by Gasteiger charge is 2.14. The Hall–Kier alpha value is -1.16. The molecule has 1 atom stereocenters. The Bertz CT molecular complexity index is 473. The second-order valence-electron chi connectivity index (χ2n) is 4.48. The summed E-state index contributed by atoms with van der Waals surface area (Å²) in [5.41, 5.74) is 0.348. The quantitative estimate of drug-likeness (QED) is 0.848. The second kappa shape index (κ2) is 6.14. The van der Waals surface area contributed by atoms with Crippen LogP contribution >= 0.6 is 15.9 Å². The molecule has 0 bridgehead atoms. The molecule has 2 rings (SSSR count). The molecule has 1 aliphatic carbocycles. The molecule has 0 aromatic heterocycles. The monoisotopic (exact) mass is 311 g/mol. The van der Waals surface area contributed by atoms with Gasteiger partial charge in [-0.2, -0.15) is 0 Å². The lowest BCUT2D eigenvalue weighted by Gasteiger charge is -2.18. The third-order valence-electron chi connectivity index (χ3n) is 3.10. The number of nitrogens with one attached hydrogen (secondary N) is 1. The molecular formula is C14H15BrFNO. The van der Waals surface area contributed by atoms with Crippen LogP contribution in [0.5, 0.6) is 0 Å². The van der Waals surface area contributed by atoms with Gasteiger partial charge in [0.1, 0.15) is 5.82 Å². The topological polar surface area (TPSA) is 29.1 Å². The van der Waals surface area contributed by atoms with Crippen molar-refractivity contribution in [2.75, 3.05) is 6.54 Å². The maximum atomic E-state index is 13.1. The summed E-state index contributed by atoms with van der Waals surface area (Å²) in [5.74, 6) is -0.133. The number of amides is 1. The molecule has 0 aliphatic heterocycles. The third-order valence-corrected chi connectivity index (χ3v) is 3.79.